The first-order valence-corrected chi connectivity index (χ1v) is 8.75. The Balaban J connectivity index is 1.58. The summed E-state index contributed by atoms with van der Waals surface area (Å²) in [6.45, 7) is 1.57. The van der Waals surface area contributed by atoms with Crippen molar-refractivity contribution in [3.8, 4) is 0 Å². The number of aromatic nitrogens is 2. The molecule has 8 heteroatoms. The van der Waals surface area contributed by atoms with E-state index in [1.165, 1.54) is 6.07 Å². The van der Waals surface area contributed by atoms with E-state index in [-0.39, 0.29) is 18.7 Å². The number of alkyl carbamates (subject to hydrolysis) is 1. The SMILES string of the molecule is Cc1nc2ccc(C(O)C(O)CNC(=O)OCc3ccccc3)cc2c(=O)[nH]1. The van der Waals surface area contributed by atoms with E-state index >= 15 is 0 Å². The molecule has 3 rings (SSSR count). The number of aryl methyl sites for hydroxylation is 1. The van der Waals surface area contributed by atoms with E-state index in [9.17, 15) is 19.8 Å². The highest BCUT2D eigenvalue weighted by Crippen LogP contribution is 2.20. The number of aromatic amines is 1. The summed E-state index contributed by atoms with van der Waals surface area (Å²) in [4.78, 5) is 30.6. The summed E-state index contributed by atoms with van der Waals surface area (Å²) in [5, 5.41) is 23.2. The maximum atomic E-state index is 12.0. The van der Waals surface area contributed by atoms with Gasteiger partial charge in [-0.3, -0.25) is 4.79 Å². The molecule has 3 aromatic rings. The standard InChI is InChI=1S/C20H21N3O5/c1-12-22-16-8-7-14(9-15(16)19(26)23-12)18(25)17(24)10-21-20(27)28-11-13-5-3-2-4-6-13/h2-9,17-18,24-25H,10-11H2,1H3,(H,21,27)(H,22,23,26). The Labute approximate surface area is 160 Å². The molecule has 4 N–H and O–H groups in total. The third-order valence-electron chi connectivity index (χ3n) is 4.22. The van der Waals surface area contributed by atoms with Crippen LogP contribution < -0.4 is 10.9 Å². The second-order valence-corrected chi connectivity index (χ2v) is 6.38. The lowest BCUT2D eigenvalue weighted by atomic mass is 10.0. The van der Waals surface area contributed by atoms with Crippen LogP contribution in [0.1, 0.15) is 23.1 Å². The van der Waals surface area contributed by atoms with Crippen molar-refractivity contribution in [3.63, 3.8) is 0 Å². The van der Waals surface area contributed by atoms with Crippen LogP contribution in [-0.2, 0) is 11.3 Å². The Hall–Kier alpha value is -3.23. The maximum absolute atomic E-state index is 12.0. The second kappa shape index (κ2) is 8.64. The quantitative estimate of drug-likeness (QED) is 0.512. The molecule has 0 aliphatic rings. The van der Waals surface area contributed by atoms with Crippen LogP contribution in [-0.4, -0.2) is 38.9 Å². The van der Waals surface area contributed by atoms with Gasteiger partial charge in [-0.2, -0.15) is 0 Å². The molecule has 1 amide bonds. The molecule has 0 saturated carbocycles. The number of rotatable bonds is 6. The van der Waals surface area contributed by atoms with Gasteiger partial charge in [0.25, 0.3) is 5.56 Å². The summed E-state index contributed by atoms with van der Waals surface area (Å²) in [7, 11) is 0. The lowest BCUT2D eigenvalue weighted by Gasteiger charge is -2.19. The summed E-state index contributed by atoms with van der Waals surface area (Å²) in [5.41, 5.74) is 1.35. The molecule has 28 heavy (non-hydrogen) atoms. The number of fused-ring (bicyclic) bond motifs is 1. The van der Waals surface area contributed by atoms with Gasteiger partial charge in [-0.1, -0.05) is 36.4 Å². The Bertz CT molecular complexity index is 1020. The molecule has 0 saturated heterocycles. The molecular formula is C20H21N3O5. The van der Waals surface area contributed by atoms with Gasteiger partial charge in [-0.05, 0) is 30.2 Å². The lowest BCUT2D eigenvalue weighted by Crippen LogP contribution is -2.35. The van der Waals surface area contributed by atoms with Crippen LogP contribution in [0.15, 0.2) is 53.3 Å². The molecule has 0 fully saturated rings. The predicted molar refractivity (Wildman–Crippen MR) is 103 cm³/mol. The Kier molecular flexibility index (Phi) is 6.03. The van der Waals surface area contributed by atoms with E-state index in [2.05, 4.69) is 15.3 Å². The van der Waals surface area contributed by atoms with Gasteiger partial charge in [0.05, 0.1) is 10.9 Å². The summed E-state index contributed by atoms with van der Waals surface area (Å²) in [6, 6.07) is 13.8. The van der Waals surface area contributed by atoms with Crippen LogP contribution >= 0.6 is 0 Å². The first-order chi connectivity index (χ1) is 13.4. The van der Waals surface area contributed by atoms with E-state index in [0.29, 0.717) is 22.3 Å². The molecule has 2 aromatic carbocycles. The van der Waals surface area contributed by atoms with Gasteiger partial charge in [-0.25, -0.2) is 9.78 Å². The number of nitrogens with zero attached hydrogens (tertiary/aromatic N) is 1. The summed E-state index contributed by atoms with van der Waals surface area (Å²) in [6.07, 6.45) is -3.27. The highest BCUT2D eigenvalue weighted by atomic mass is 16.5. The molecule has 0 aliphatic heterocycles. The van der Waals surface area contributed by atoms with Crippen molar-refractivity contribution in [2.75, 3.05) is 6.54 Å². The van der Waals surface area contributed by atoms with E-state index in [1.54, 1.807) is 19.1 Å². The number of benzene rings is 2. The molecule has 8 nitrogen and oxygen atoms in total. The molecule has 1 heterocycles. The zero-order valence-corrected chi connectivity index (χ0v) is 15.3. The van der Waals surface area contributed by atoms with Crippen molar-refractivity contribution in [3.05, 3.63) is 75.8 Å². The largest absolute Gasteiger partial charge is 0.445 e. The van der Waals surface area contributed by atoms with Gasteiger partial charge in [0.15, 0.2) is 0 Å². The molecule has 0 spiro atoms. The van der Waals surface area contributed by atoms with Crippen molar-refractivity contribution in [2.45, 2.75) is 25.7 Å². The Morgan fingerprint density at radius 2 is 1.96 bits per heavy atom. The third kappa shape index (κ3) is 4.73. The lowest BCUT2D eigenvalue weighted by molar-refractivity contribution is 0.0185. The Morgan fingerprint density at radius 3 is 2.71 bits per heavy atom. The topological polar surface area (TPSA) is 125 Å². The van der Waals surface area contributed by atoms with Gasteiger partial charge < -0.3 is 25.3 Å². The number of hydrogen-bond acceptors (Lipinski definition) is 6. The van der Waals surface area contributed by atoms with Crippen molar-refractivity contribution in [1.29, 1.82) is 0 Å². The van der Waals surface area contributed by atoms with E-state index in [1.807, 2.05) is 30.3 Å². The number of H-pyrrole nitrogens is 1. The van der Waals surface area contributed by atoms with Crippen LogP contribution in [0.5, 0.6) is 0 Å². The average Bonchev–Trinajstić information content (AvgIpc) is 2.70. The molecular weight excluding hydrogens is 362 g/mol. The molecule has 0 radical (unpaired) electrons. The van der Waals surface area contributed by atoms with Gasteiger partial charge in [0.2, 0.25) is 0 Å². The number of hydrogen-bond donors (Lipinski definition) is 4. The molecule has 2 atom stereocenters. The fourth-order valence-electron chi connectivity index (χ4n) is 2.75. The molecule has 146 valence electrons. The molecule has 1 aromatic heterocycles. The highest BCUT2D eigenvalue weighted by Gasteiger charge is 2.20. The number of carbonyl (C=O) groups excluding carboxylic acids is 1. The monoisotopic (exact) mass is 383 g/mol. The van der Waals surface area contributed by atoms with Crippen LogP contribution in [0.3, 0.4) is 0 Å². The molecule has 0 bridgehead atoms. The number of ether oxygens (including phenoxy) is 1. The van der Waals surface area contributed by atoms with Crippen LogP contribution in [0.2, 0.25) is 0 Å². The number of amides is 1. The van der Waals surface area contributed by atoms with Crippen LogP contribution in [0, 0.1) is 6.92 Å². The van der Waals surface area contributed by atoms with Crippen molar-refractivity contribution in [2.24, 2.45) is 0 Å². The zero-order chi connectivity index (χ0) is 20.1. The second-order valence-electron chi connectivity index (χ2n) is 6.38. The average molecular weight is 383 g/mol. The van der Waals surface area contributed by atoms with Crippen LogP contribution in [0.25, 0.3) is 10.9 Å². The fraction of sp³-hybridized carbons (Fsp3) is 0.250. The first-order valence-electron chi connectivity index (χ1n) is 8.75. The van der Waals surface area contributed by atoms with Gasteiger partial charge in [0.1, 0.15) is 24.6 Å². The summed E-state index contributed by atoms with van der Waals surface area (Å²) >= 11 is 0. The minimum atomic E-state index is -1.29. The van der Waals surface area contributed by atoms with Crippen LogP contribution in [0.4, 0.5) is 4.79 Å². The summed E-state index contributed by atoms with van der Waals surface area (Å²) in [5.74, 6) is 0.490. The van der Waals surface area contributed by atoms with E-state index in [0.717, 1.165) is 5.56 Å². The smallest absolute Gasteiger partial charge is 0.407 e. The van der Waals surface area contributed by atoms with E-state index < -0.39 is 18.3 Å². The summed E-state index contributed by atoms with van der Waals surface area (Å²) < 4.78 is 5.05. The van der Waals surface area contributed by atoms with Gasteiger partial charge in [0, 0.05) is 6.54 Å². The first kappa shape index (κ1) is 19.5. The maximum Gasteiger partial charge on any atom is 0.407 e. The third-order valence-corrected chi connectivity index (χ3v) is 4.22. The molecule has 0 aliphatic carbocycles. The number of carbonyl (C=O) groups is 1. The van der Waals surface area contributed by atoms with Crippen molar-refractivity contribution < 1.29 is 19.7 Å². The normalized spacial score (nSPS) is 13.1. The van der Waals surface area contributed by atoms with Gasteiger partial charge in [-0.15, -0.1) is 0 Å². The predicted octanol–water partition coefficient (Wildman–Crippen LogP) is 1.55. The number of nitrogens with one attached hydrogen (secondary N) is 2. The van der Waals surface area contributed by atoms with E-state index in [4.69, 9.17) is 4.74 Å². The minimum absolute atomic E-state index is 0.102. The van der Waals surface area contributed by atoms with Crippen molar-refractivity contribution >= 4 is 17.0 Å². The Morgan fingerprint density at radius 1 is 1.21 bits per heavy atom. The molecule has 2 unspecified atom stereocenters. The number of aliphatic hydroxyl groups excluding tert-OH is 2. The highest BCUT2D eigenvalue weighted by molar-refractivity contribution is 5.78. The van der Waals surface area contributed by atoms with Gasteiger partial charge >= 0.3 is 6.09 Å². The minimum Gasteiger partial charge on any atom is -0.445 e. The zero-order valence-electron chi connectivity index (χ0n) is 15.3. The number of aliphatic hydroxyl groups is 2. The van der Waals surface area contributed by atoms with Crippen molar-refractivity contribution in [1.82, 2.24) is 15.3 Å². The fourth-order valence-corrected chi connectivity index (χ4v) is 2.75.